The van der Waals surface area contributed by atoms with Gasteiger partial charge in [0.15, 0.2) is 0 Å². The summed E-state index contributed by atoms with van der Waals surface area (Å²) < 4.78 is 4.81. The summed E-state index contributed by atoms with van der Waals surface area (Å²) in [5, 5.41) is 0. The first-order chi connectivity index (χ1) is 6.45. The van der Waals surface area contributed by atoms with Crippen LogP contribution in [-0.4, -0.2) is 13.1 Å². The molecule has 0 amide bonds. The van der Waals surface area contributed by atoms with Gasteiger partial charge in [-0.25, -0.2) is 0 Å². The van der Waals surface area contributed by atoms with Crippen LogP contribution in [0.15, 0.2) is 0 Å². The Balaban J connectivity index is 2.56. The Morgan fingerprint density at radius 2 is 1.93 bits per heavy atom. The SMILES string of the molecule is COC(=O)[C@@H]1CCC[C@H](C(C)(C)C)C1. The molecule has 1 saturated carbocycles. The number of methoxy groups -OCH3 is 1. The number of esters is 1. The van der Waals surface area contributed by atoms with E-state index in [4.69, 9.17) is 4.74 Å². The van der Waals surface area contributed by atoms with E-state index in [1.165, 1.54) is 20.0 Å². The van der Waals surface area contributed by atoms with E-state index in [9.17, 15) is 4.79 Å². The average molecular weight is 198 g/mol. The van der Waals surface area contributed by atoms with Crippen molar-refractivity contribution in [3.8, 4) is 0 Å². The monoisotopic (exact) mass is 198 g/mol. The number of carbonyl (C=O) groups is 1. The number of hydrogen-bond donors (Lipinski definition) is 0. The average Bonchev–Trinajstić information content (AvgIpc) is 2.15. The van der Waals surface area contributed by atoms with Gasteiger partial charge in [-0.1, -0.05) is 27.2 Å². The highest BCUT2D eigenvalue weighted by molar-refractivity contribution is 5.72. The highest BCUT2D eigenvalue weighted by Crippen LogP contribution is 2.40. The van der Waals surface area contributed by atoms with Crippen molar-refractivity contribution >= 4 is 5.97 Å². The maximum absolute atomic E-state index is 11.4. The molecule has 0 aromatic carbocycles. The van der Waals surface area contributed by atoms with Crippen LogP contribution in [0.3, 0.4) is 0 Å². The zero-order chi connectivity index (χ0) is 10.8. The number of ether oxygens (including phenoxy) is 1. The van der Waals surface area contributed by atoms with Gasteiger partial charge in [-0.15, -0.1) is 0 Å². The van der Waals surface area contributed by atoms with Gasteiger partial charge >= 0.3 is 5.97 Å². The van der Waals surface area contributed by atoms with Crippen LogP contribution >= 0.6 is 0 Å². The summed E-state index contributed by atoms with van der Waals surface area (Å²) in [5.41, 5.74) is 0.326. The third-order valence-electron chi connectivity index (χ3n) is 3.43. The van der Waals surface area contributed by atoms with E-state index in [2.05, 4.69) is 20.8 Å². The standard InChI is InChI=1S/C12H22O2/c1-12(2,3)10-7-5-6-9(8-10)11(13)14-4/h9-10H,5-8H2,1-4H3/t9-,10+/m1/s1. The maximum atomic E-state index is 11.4. The van der Waals surface area contributed by atoms with Crippen LogP contribution in [-0.2, 0) is 9.53 Å². The van der Waals surface area contributed by atoms with E-state index in [0.29, 0.717) is 11.3 Å². The first-order valence-electron chi connectivity index (χ1n) is 5.53. The van der Waals surface area contributed by atoms with Gasteiger partial charge in [-0.05, 0) is 30.6 Å². The van der Waals surface area contributed by atoms with Gasteiger partial charge in [0, 0.05) is 0 Å². The minimum absolute atomic E-state index is 0.0149. The van der Waals surface area contributed by atoms with E-state index in [-0.39, 0.29) is 11.9 Å². The lowest BCUT2D eigenvalue weighted by Crippen LogP contribution is -2.30. The van der Waals surface area contributed by atoms with E-state index in [1.807, 2.05) is 0 Å². The summed E-state index contributed by atoms with van der Waals surface area (Å²) in [6, 6.07) is 0. The molecule has 2 nitrogen and oxygen atoms in total. The summed E-state index contributed by atoms with van der Waals surface area (Å²) in [5.74, 6) is 0.803. The second kappa shape index (κ2) is 4.33. The van der Waals surface area contributed by atoms with Gasteiger partial charge in [0.1, 0.15) is 0 Å². The normalized spacial score (nSPS) is 28.6. The molecular formula is C12H22O2. The molecule has 0 N–H and O–H groups in total. The van der Waals surface area contributed by atoms with Gasteiger partial charge in [-0.2, -0.15) is 0 Å². The number of rotatable bonds is 1. The molecule has 1 aliphatic carbocycles. The molecule has 0 aromatic rings. The van der Waals surface area contributed by atoms with Crippen LogP contribution in [0.2, 0.25) is 0 Å². The number of carbonyl (C=O) groups excluding carboxylic acids is 1. The second-order valence-electron chi connectivity index (χ2n) is 5.45. The van der Waals surface area contributed by atoms with Crippen LogP contribution in [0.5, 0.6) is 0 Å². The summed E-state index contributed by atoms with van der Waals surface area (Å²) >= 11 is 0. The molecule has 14 heavy (non-hydrogen) atoms. The molecule has 0 spiro atoms. The highest BCUT2D eigenvalue weighted by atomic mass is 16.5. The topological polar surface area (TPSA) is 26.3 Å². The van der Waals surface area contributed by atoms with Crippen LogP contribution < -0.4 is 0 Å². The quantitative estimate of drug-likeness (QED) is 0.605. The largest absolute Gasteiger partial charge is 0.469 e. The van der Waals surface area contributed by atoms with E-state index in [0.717, 1.165) is 12.8 Å². The first kappa shape index (κ1) is 11.5. The molecule has 0 unspecified atom stereocenters. The molecular weight excluding hydrogens is 176 g/mol. The number of hydrogen-bond acceptors (Lipinski definition) is 2. The molecule has 82 valence electrons. The maximum Gasteiger partial charge on any atom is 0.308 e. The minimum Gasteiger partial charge on any atom is -0.469 e. The Labute approximate surface area is 87.0 Å². The van der Waals surface area contributed by atoms with Crippen molar-refractivity contribution in [1.29, 1.82) is 0 Å². The third-order valence-corrected chi connectivity index (χ3v) is 3.43. The van der Waals surface area contributed by atoms with E-state index >= 15 is 0 Å². The molecule has 0 bridgehead atoms. The summed E-state index contributed by atoms with van der Waals surface area (Å²) in [4.78, 5) is 11.4. The van der Waals surface area contributed by atoms with Crippen molar-refractivity contribution in [2.75, 3.05) is 7.11 Å². The Kier molecular flexibility index (Phi) is 3.57. The van der Waals surface area contributed by atoms with Gasteiger partial charge in [0.05, 0.1) is 13.0 Å². The molecule has 1 fully saturated rings. The first-order valence-corrected chi connectivity index (χ1v) is 5.53. The zero-order valence-electron chi connectivity index (χ0n) is 9.80. The lowest BCUT2D eigenvalue weighted by molar-refractivity contribution is -0.147. The predicted octanol–water partition coefficient (Wildman–Crippen LogP) is 3.01. The van der Waals surface area contributed by atoms with Crippen molar-refractivity contribution in [1.82, 2.24) is 0 Å². The Bertz CT molecular complexity index is 203. The minimum atomic E-state index is -0.0149. The molecule has 0 radical (unpaired) electrons. The Morgan fingerprint density at radius 3 is 2.43 bits per heavy atom. The molecule has 0 saturated heterocycles. The smallest absolute Gasteiger partial charge is 0.308 e. The molecule has 2 heteroatoms. The second-order valence-corrected chi connectivity index (χ2v) is 5.45. The van der Waals surface area contributed by atoms with Crippen molar-refractivity contribution in [3.05, 3.63) is 0 Å². The van der Waals surface area contributed by atoms with Crippen LogP contribution in [0.25, 0.3) is 0 Å². The van der Waals surface area contributed by atoms with Crippen LogP contribution in [0.4, 0.5) is 0 Å². The van der Waals surface area contributed by atoms with Gasteiger partial charge in [-0.3, -0.25) is 4.79 Å². The van der Waals surface area contributed by atoms with E-state index < -0.39 is 0 Å². The third kappa shape index (κ3) is 2.73. The van der Waals surface area contributed by atoms with Gasteiger partial charge in [0.2, 0.25) is 0 Å². The summed E-state index contributed by atoms with van der Waals surface area (Å²) in [6.45, 7) is 6.78. The zero-order valence-corrected chi connectivity index (χ0v) is 9.80. The Hall–Kier alpha value is -0.530. The molecule has 1 aliphatic rings. The molecule has 1 rings (SSSR count). The summed E-state index contributed by atoms with van der Waals surface area (Å²) in [7, 11) is 1.49. The van der Waals surface area contributed by atoms with Crippen molar-refractivity contribution in [3.63, 3.8) is 0 Å². The van der Waals surface area contributed by atoms with Crippen LogP contribution in [0.1, 0.15) is 46.5 Å². The summed E-state index contributed by atoms with van der Waals surface area (Å²) in [6.07, 6.45) is 4.45. The van der Waals surface area contributed by atoms with Gasteiger partial charge < -0.3 is 4.74 Å². The van der Waals surface area contributed by atoms with Crippen LogP contribution in [0, 0.1) is 17.3 Å². The molecule has 2 atom stereocenters. The van der Waals surface area contributed by atoms with Crippen molar-refractivity contribution in [2.45, 2.75) is 46.5 Å². The molecule has 0 aromatic heterocycles. The molecule has 0 heterocycles. The predicted molar refractivity (Wildman–Crippen MR) is 56.9 cm³/mol. The van der Waals surface area contributed by atoms with Crippen molar-refractivity contribution < 1.29 is 9.53 Å². The van der Waals surface area contributed by atoms with Gasteiger partial charge in [0.25, 0.3) is 0 Å². The molecule has 0 aliphatic heterocycles. The fourth-order valence-electron chi connectivity index (χ4n) is 2.36. The lowest BCUT2D eigenvalue weighted by atomic mass is 9.69. The Morgan fingerprint density at radius 1 is 1.29 bits per heavy atom. The lowest BCUT2D eigenvalue weighted by Gasteiger charge is -2.36. The highest BCUT2D eigenvalue weighted by Gasteiger charge is 2.33. The fourth-order valence-corrected chi connectivity index (χ4v) is 2.36. The fraction of sp³-hybridized carbons (Fsp3) is 0.917. The van der Waals surface area contributed by atoms with E-state index in [1.54, 1.807) is 0 Å². The van der Waals surface area contributed by atoms with Crippen molar-refractivity contribution in [2.24, 2.45) is 17.3 Å².